The SMILES string of the molecule is Cl.N[C@H](C(=O)O)[C@H](O)CC(=O)O. The first-order valence-electron chi connectivity index (χ1n) is 2.83. The van der Waals surface area contributed by atoms with Crippen LogP contribution >= 0.6 is 12.4 Å². The Morgan fingerprint density at radius 1 is 1.33 bits per heavy atom. The molecule has 0 fully saturated rings. The van der Waals surface area contributed by atoms with Gasteiger partial charge in [-0.3, -0.25) is 9.59 Å². The third-order valence-electron chi connectivity index (χ3n) is 1.08. The van der Waals surface area contributed by atoms with Crippen molar-refractivity contribution in [3.63, 3.8) is 0 Å². The minimum absolute atomic E-state index is 0. The Morgan fingerprint density at radius 3 is 2.00 bits per heavy atom. The molecule has 0 spiro atoms. The van der Waals surface area contributed by atoms with E-state index >= 15 is 0 Å². The number of nitrogens with two attached hydrogens (primary N) is 1. The highest BCUT2D eigenvalue weighted by Crippen LogP contribution is 1.96. The van der Waals surface area contributed by atoms with E-state index in [1.54, 1.807) is 0 Å². The van der Waals surface area contributed by atoms with E-state index in [1.807, 2.05) is 0 Å². The zero-order valence-electron chi connectivity index (χ0n) is 6.01. The molecule has 0 heterocycles. The molecule has 6 nitrogen and oxygen atoms in total. The number of aliphatic carboxylic acids is 2. The molecule has 0 aromatic heterocycles. The lowest BCUT2D eigenvalue weighted by Gasteiger charge is -2.11. The Balaban J connectivity index is 0. The van der Waals surface area contributed by atoms with Gasteiger partial charge in [0, 0.05) is 0 Å². The van der Waals surface area contributed by atoms with E-state index in [0.717, 1.165) is 0 Å². The first kappa shape index (κ1) is 13.7. The van der Waals surface area contributed by atoms with Gasteiger partial charge >= 0.3 is 11.9 Å². The van der Waals surface area contributed by atoms with Gasteiger partial charge in [0.1, 0.15) is 6.04 Å². The van der Waals surface area contributed by atoms with Gasteiger partial charge in [0.05, 0.1) is 12.5 Å². The van der Waals surface area contributed by atoms with Crippen molar-refractivity contribution in [2.75, 3.05) is 0 Å². The zero-order chi connectivity index (χ0) is 9.02. The Kier molecular flexibility index (Phi) is 6.58. The molecule has 0 saturated heterocycles. The van der Waals surface area contributed by atoms with Crippen LogP contribution in [0.15, 0.2) is 0 Å². The Bertz CT molecular complexity index is 173. The molecule has 0 aromatic rings. The van der Waals surface area contributed by atoms with Crippen LogP contribution in [0.3, 0.4) is 0 Å². The number of aliphatic hydroxyl groups is 1. The van der Waals surface area contributed by atoms with Crippen LogP contribution in [0.4, 0.5) is 0 Å². The maximum atomic E-state index is 10.0. The third-order valence-corrected chi connectivity index (χ3v) is 1.08. The van der Waals surface area contributed by atoms with Crippen molar-refractivity contribution in [1.29, 1.82) is 0 Å². The van der Waals surface area contributed by atoms with E-state index in [0.29, 0.717) is 0 Å². The topological polar surface area (TPSA) is 121 Å². The standard InChI is InChI=1S/C5H9NO5.ClH/c6-4(5(10)11)2(7)1-3(8)9;/h2,4,7H,1,6H2,(H,8,9)(H,10,11);1H/t2-,4+;/m1./s1. The summed E-state index contributed by atoms with van der Waals surface area (Å²) in [4.78, 5) is 20.0. The van der Waals surface area contributed by atoms with E-state index in [9.17, 15) is 9.59 Å². The van der Waals surface area contributed by atoms with Crippen LogP contribution in [0.2, 0.25) is 0 Å². The minimum Gasteiger partial charge on any atom is -0.481 e. The van der Waals surface area contributed by atoms with Crippen LogP contribution in [0, 0.1) is 0 Å². The second kappa shape index (κ2) is 5.76. The van der Waals surface area contributed by atoms with Gasteiger partial charge in [0.25, 0.3) is 0 Å². The average molecular weight is 200 g/mol. The lowest BCUT2D eigenvalue weighted by atomic mass is 10.1. The summed E-state index contributed by atoms with van der Waals surface area (Å²) in [6.45, 7) is 0. The van der Waals surface area contributed by atoms with Crippen molar-refractivity contribution < 1.29 is 24.9 Å². The molecule has 0 unspecified atom stereocenters. The largest absolute Gasteiger partial charge is 0.481 e. The second-order valence-corrected chi connectivity index (χ2v) is 2.03. The third kappa shape index (κ3) is 4.89. The fraction of sp³-hybridized carbons (Fsp3) is 0.600. The van der Waals surface area contributed by atoms with Gasteiger partial charge in [0.15, 0.2) is 0 Å². The number of carbonyl (C=O) groups is 2. The van der Waals surface area contributed by atoms with Crippen LogP contribution < -0.4 is 5.73 Å². The molecule has 12 heavy (non-hydrogen) atoms. The summed E-state index contributed by atoms with van der Waals surface area (Å²) in [5.74, 6) is -2.70. The fourth-order valence-corrected chi connectivity index (χ4v) is 0.470. The van der Waals surface area contributed by atoms with Crippen LogP contribution in [-0.4, -0.2) is 39.4 Å². The number of aliphatic hydroxyl groups excluding tert-OH is 1. The van der Waals surface area contributed by atoms with Crippen molar-refractivity contribution in [2.45, 2.75) is 18.6 Å². The number of halogens is 1. The van der Waals surface area contributed by atoms with Gasteiger partial charge in [-0.15, -0.1) is 12.4 Å². The molecule has 0 amide bonds. The highest BCUT2D eigenvalue weighted by molar-refractivity contribution is 5.85. The summed E-state index contributed by atoms with van der Waals surface area (Å²) >= 11 is 0. The molecule has 0 bridgehead atoms. The quantitative estimate of drug-likeness (QED) is 0.445. The molecule has 2 atom stereocenters. The Labute approximate surface area is 74.4 Å². The van der Waals surface area contributed by atoms with Crippen LogP contribution in [-0.2, 0) is 9.59 Å². The van der Waals surface area contributed by atoms with Crippen molar-refractivity contribution in [3.05, 3.63) is 0 Å². The van der Waals surface area contributed by atoms with E-state index < -0.39 is 30.5 Å². The summed E-state index contributed by atoms with van der Waals surface area (Å²) < 4.78 is 0. The van der Waals surface area contributed by atoms with E-state index in [-0.39, 0.29) is 12.4 Å². The van der Waals surface area contributed by atoms with Crippen LogP contribution in [0.1, 0.15) is 6.42 Å². The Hall–Kier alpha value is -0.850. The molecular formula is C5H10ClNO5. The fourth-order valence-electron chi connectivity index (χ4n) is 0.470. The lowest BCUT2D eigenvalue weighted by Crippen LogP contribution is -2.42. The maximum absolute atomic E-state index is 10.0. The van der Waals surface area contributed by atoms with E-state index in [1.165, 1.54) is 0 Å². The smallest absolute Gasteiger partial charge is 0.323 e. The number of hydrogen-bond acceptors (Lipinski definition) is 4. The highest BCUT2D eigenvalue weighted by Gasteiger charge is 2.23. The molecule has 0 aliphatic rings. The van der Waals surface area contributed by atoms with Crippen LogP contribution in [0.25, 0.3) is 0 Å². The molecule has 0 rings (SSSR count). The maximum Gasteiger partial charge on any atom is 0.323 e. The number of carboxylic acids is 2. The molecule has 0 aliphatic carbocycles. The summed E-state index contributed by atoms with van der Waals surface area (Å²) in [5, 5.41) is 25.1. The minimum atomic E-state index is -1.54. The van der Waals surface area contributed by atoms with Gasteiger partial charge in [-0.1, -0.05) is 0 Å². The predicted octanol–water partition coefficient (Wildman–Crippen LogP) is -1.34. The Morgan fingerprint density at radius 2 is 1.75 bits per heavy atom. The first-order valence-corrected chi connectivity index (χ1v) is 2.83. The molecular weight excluding hydrogens is 190 g/mol. The van der Waals surface area contributed by atoms with Gasteiger partial charge in [-0.2, -0.15) is 0 Å². The van der Waals surface area contributed by atoms with Gasteiger partial charge in [0.2, 0.25) is 0 Å². The second-order valence-electron chi connectivity index (χ2n) is 2.03. The summed E-state index contributed by atoms with van der Waals surface area (Å²) in [6.07, 6.45) is -2.20. The van der Waals surface area contributed by atoms with Crippen LogP contribution in [0.5, 0.6) is 0 Å². The van der Waals surface area contributed by atoms with Crippen molar-refractivity contribution in [3.8, 4) is 0 Å². The number of rotatable bonds is 4. The molecule has 5 N–H and O–H groups in total. The molecule has 0 saturated carbocycles. The molecule has 7 heteroatoms. The van der Waals surface area contributed by atoms with Crippen molar-refractivity contribution >= 4 is 24.3 Å². The van der Waals surface area contributed by atoms with E-state index in [4.69, 9.17) is 21.1 Å². The zero-order valence-corrected chi connectivity index (χ0v) is 6.82. The summed E-state index contributed by atoms with van der Waals surface area (Å²) in [6, 6.07) is -1.54. The first-order chi connectivity index (χ1) is 4.95. The normalized spacial score (nSPS) is 14.2. The summed E-state index contributed by atoms with van der Waals surface area (Å²) in [5.41, 5.74) is 4.90. The summed E-state index contributed by atoms with van der Waals surface area (Å²) in [7, 11) is 0. The number of carboxylic acid groups (broad SMARTS) is 2. The molecule has 0 aliphatic heterocycles. The molecule has 72 valence electrons. The van der Waals surface area contributed by atoms with Gasteiger partial charge < -0.3 is 21.1 Å². The predicted molar refractivity (Wildman–Crippen MR) is 41.1 cm³/mol. The average Bonchev–Trinajstić information content (AvgIpc) is 1.84. The number of hydrogen-bond donors (Lipinski definition) is 4. The van der Waals surface area contributed by atoms with Crippen molar-refractivity contribution in [1.82, 2.24) is 0 Å². The lowest BCUT2D eigenvalue weighted by molar-refractivity contribution is -0.144. The molecule has 0 aromatic carbocycles. The van der Waals surface area contributed by atoms with Gasteiger partial charge in [-0.05, 0) is 0 Å². The van der Waals surface area contributed by atoms with E-state index in [2.05, 4.69) is 0 Å². The monoisotopic (exact) mass is 199 g/mol. The molecule has 0 radical (unpaired) electrons. The van der Waals surface area contributed by atoms with Gasteiger partial charge in [-0.25, -0.2) is 0 Å². The highest BCUT2D eigenvalue weighted by atomic mass is 35.5. The van der Waals surface area contributed by atoms with Crippen molar-refractivity contribution in [2.24, 2.45) is 5.73 Å².